The fraction of sp³-hybridized carbons (Fsp3) is 0.429. The number of esters is 1. The molecule has 0 amide bonds. The minimum absolute atomic E-state index is 0.0706. The molecule has 154 valence electrons. The van der Waals surface area contributed by atoms with Crippen molar-refractivity contribution in [3.05, 3.63) is 55.3 Å². The molecule has 1 aliphatic heterocycles. The van der Waals surface area contributed by atoms with Gasteiger partial charge in [-0.15, -0.1) is 11.3 Å². The number of Topliss-reactive ketones (excluding diaryl/α,β-unsaturated/α-hetero) is 1. The maximum absolute atomic E-state index is 12.4. The van der Waals surface area contributed by atoms with Crippen molar-refractivity contribution in [2.24, 2.45) is 0 Å². The second kappa shape index (κ2) is 9.17. The lowest BCUT2D eigenvalue weighted by molar-refractivity contribution is -0.384. The first kappa shape index (κ1) is 21.0. The van der Waals surface area contributed by atoms with E-state index >= 15 is 0 Å². The van der Waals surface area contributed by atoms with Crippen molar-refractivity contribution in [2.75, 3.05) is 24.6 Å². The van der Waals surface area contributed by atoms with E-state index in [1.54, 1.807) is 12.1 Å². The van der Waals surface area contributed by atoms with Crippen LogP contribution in [0.2, 0.25) is 0 Å². The number of rotatable bonds is 6. The van der Waals surface area contributed by atoms with Gasteiger partial charge < -0.3 is 9.64 Å². The molecule has 29 heavy (non-hydrogen) atoms. The van der Waals surface area contributed by atoms with Crippen molar-refractivity contribution in [1.29, 1.82) is 0 Å². The topological polar surface area (TPSA) is 89.8 Å². The molecule has 0 radical (unpaired) electrons. The Morgan fingerprint density at radius 2 is 1.83 bits per heavy atom. The summed E-state index contributed by atoms with van der Waals surface area (Å²) in [5, 5.41) is 11.6. The van der Waals surface area contributed by atoms with E-state index in [1.165, 1.54) is 23.5 Å². The molecule has 1 aromatic carbocycles. The van der Waals surface area contributed by atoms with Crippen LogP contribution in [0, 0.1) is 24.0 Å². The molecule has 8 heteroatoms. The second-order valence-corrected chi connectivity index (χ2v) is 8.65. The molecule has 2 aromatic rings. The third kappa shape index (κ3) is 5.00. The molecule has 0 spiro atoms. The number of nitrogens with zero attached hydrogens (tertiary/aromatic N) is 2. The maximum atomic E-state index is 12.4. The van der Waals surface area contributed by atoms with E-state index < -0.39 is 17.5 Å². The van der Waals surface area contributed by atoms with Gasteiger partial charge in [0.15, 0.2) is 6.61 Å². The molecule has 1 fully saturated rings. The number of hydrogen-bond acceptors (Lipinski definition) is 7. The van der Waals surface area contributed by atoms with Crippen LogP contribution in [0.15, 0.2) is 24.3 Å². The maximum Gasteiger partial charge on any atom is 0.338 e. The summed E-state index contributed by atoms with van der Waals surface area (Å²) >= 11 is 1.51. The predicted molar refractivity (Wildman–Crippen MR) is 112 cm³/mol. The highest BCUT2D eigenvalue weighted by Crippen LogP contribution is 2.31. The number of hydrogen-bond donors (Lipinski definition) is 0. The molecule has 0 atom stereocenters. The van der Waals surface area contributed by atoms with Crippen LogP contribution >= 0.6 is 11.3 Å². The quantitative estimate of drug-likeness (QED) is 0.294. The van der Waals surface area contributed by atoms with Gasteiger partial charge in [-0.05, 0) is 44.9 Å². The summed E-state index contributed by atoms with van der Waals surface area (Å²) in [6.07, 6.45) is 4.22. The van der Waals surface area contributed by atoms with Gasteiger partial charge in [0.05, 0.1) is 10.5 Å². The Hall–Kier alpha value is -2.74. The van der Waals surface area contributed by atoms with Crippen LogP contribution in [-0.4, -0.2) is 36.4 Å². The zero-order valence-electron chi connectivity index (χ0n) is 16.6. The number of anilines is 1. The van der Waals surface area contributed by atoms with Crippen LogP contribution in [0.4, 0.5) is 11.4 Å². The molecule has 0 unspecified atom stereocenters. The Bertz CT molecular complexity index is 929. The Balaban J connectivity index is 1.73. The molecule has 2 heterocycles. The molecule has 0 N–H and O–H groups in total. The Morgan fingerprint density at radius 1 is 1.14 bits per heavy atom. The number of carbonyl (C=O) groups excluding carboxylic acids is 2. The summed E-state index contributed by atoms with van der Waals surface area (Å²) in [5.41, 5.74) is 1.02. The standard InChI is InChI=1S/C21H24N2O5S/c1-14-11-17(15(2)29-14)20(24)13-28-21(25)16-7-8-18(19(12-16)23(26)27)22-9-5-3-4-6-10-22/h7-8,11-12H,3-6,9-10,13H2,1-2H3. The van der Waals surface area contributed by atoms with Crippen LogP contribution < -0.4 is 4.90 Å². The third-order valence-electron chi connectivity index (χ3n) is 5.03. The molecule has 7 nitrogen and oxygen atoms in total. The molecular formula is C21H24N2O5S. The molecule has 0 bridgehead atoms. The first-order chi connectivity index (χ1) is 13.9. The van der Waals surface area contributed by atoms with Gasteiger partial charge in [-0.25, -0.2) is 4.79 Å². The van der Waals surface area contributed by atoms with Gasteiger partial charge in [0.25, 0.3) is 5.69 Å². The van der Waals surface area contributed by atoms with Crippen molar-refractivity contribution in [3.63, 3.8) is 0 Å². The van der Waals surface area contributed by atoms with Crippen LogP contribution in [-0.2, 0) is 4.74 Å². The van der Waals surface area contributed by atoms with E-state index in [2.05, 4.69) is 0 Å². The average Bonchev–Trinajstić information content (AvgIpc) is 2.88. The third-order valence-corrected chi connectivity index (χ3v) is 6.00. The van der Waals surface area contributed by atoms with Crippen molar-refractivity contribution >= 4 is 34.5 Å². The number of ether oxygens (including phenoxy) is 1. The fourth-order valence-electron chi connectivity index (χ4n) is 3.58. The van der Waals surface area contributed by atoms with Gasteiger partial charge in [-0.2, -0.15) is 0 Å². The van der Waals surface area contributed by atoms with E-state index in [1.807, 2.05) is 18.7 Å². The van der Waals surface area contributed by atoms with Crippen LogP contribution in [0.1, 0.15) is 56.2 Å². The number of nitro benzene ring substituents is 1. The minimum Gasteiger partial charge on any atom is -0.454 e. The SMILES string of the molecule is Cc1cc(C(=O)COC(=O)c2ccc(N3CCCCCC3)c([N+](=O)[O-])c2)c(C)s1. The van der Waals surface area contributed by atoms with E-state index in [-0.39, 0.29) is 17.0 Å². The molecule has 3 rings (SSSR count). The Kier molecular flexibility index (Phi) is 6.64. The summed E-state index contributed by atoms with van der Waals surface area (Å²) < 4.78 is 5.13. The largest absolute Gasteiger partial charge is 0.454 e. The van der Waals surface area contributed by atoms with Gasteiger partial charge >= 0.3 is 5.97 Å². The lowest BCUT2D eigenvalue weighted by atomic mass is 10.1. The normalized spacial score (nSPS) is 14.3. The first-order valence-electron chi connectivity index (χ1n) is 9.67. The predicted octanol–water partition coefficient (Wildman–Crippen LogP) is 4.69. The van der Waals surface area contributed by atoms with Crippen LogP contribution in [0.25, 0.3) is 0 Å². The molecule has 1 aliphatic rings. The number of thiophene rings is 1. The van der Waals surface area contributed by atoms with Crippen molar-refractivity contribution in [2.45, 2.75) is 39.5 Å². The number of ketones is 1. The smallest absolute Gasteiger partial charge is 0.338 e. The minimum atomic E-state index is -0.742. The number of aryl methyl sites for hydroxylation is 2. The second-order valence-electron chi connectivity index (χ2n) is 7.19. The lowest BCUT2D eigenvalue weighted by Crippen LogP contribution is -2.25. The van der Waals surface area contributed by atoms with E-state index in [9.17, 15) is 19.7 Å². The highest BCUT2D eigenvalue weighted by molar-refractivity contribution is 7.12. The molecule has 0 aliphatic carbocycles. The zero-order chi connectivity index (χ0) is 21.0. The highest BCUT2D eigenvalue weighted by Gasteiger charge is 2.23. The van der Waals surface area contributed by atoms with Gasteiger partial charge in [-0.3, -0.25) is 14.9 Å². The van der Waals surface area contributed by atoms with Crippen molar-refractivity contribution < 1.29 is 19.2 Å². The number of carbonyl (C=O) groups is 2. The zero-order valence-corrected chi connectivity index (χ0v) is 17.4. The van der Waals surface area contributed by atoms with Gasteiger partial charge in [-0.1, -0.05) is 12.8 Å². The highest BCUT2D eigenvalue weighted by atomic mass is 32.1. The Morgan fingerprint density at radius 3 is 2.41 bits per heavy atom. The van der Waals surface area contributed by atoms with Crippen molar-refractivity contribution in [1.82, 2.24) is 0 Å². The van der Waals surface area contributed by atoms with Gasteiger partial charge in [0.1, 0.15) is 5.69 Å². The lowest BCUT2D eigenvalue weighted by Gasteiger charge is -2.22. The summed E-state index contributed by atoms with van der Waals surface area (Å²) in [4.78, 5) is 39.7. The monoisotopic (exact) mass is 416 g/mol. The summed E-state index contributed by atoms with van der Waals surface area (Å²) in [6, 6.07) is 6.15. The Labute approximate surface area is 173 Å². The average molecular weight is 416 g/mol. The first-order valence-corrected chi connectivity index (χ1v) is 10.5. The van der Waals surface area contributed by atoms with E-state index in [4.69, 9.17) is 4.74 Å². The van der Waals surface area contributed by atoms with Crippen molar-refractivity contribution in [3.8, 4) is 0 Å². The van der Waals surface area contributed by atoms with E-state index in [0.717, 1.165) is 48.5 Å². The molecule has 1 saturated heterocycles. The van der Waals surface area contributed by atoms with E-state index in [0.29, 0.717) is 11.3 Å². The fourth-order valence-corrected chi connectivity index (χ4v) is 4.52. The van der Waals surface area contributed by atoms with Crippen LogP contribution in [0.3, 0.4) is 0 Å². The summed E-state index contributed by atoms with van der Waals surface area (Å²) in [5.74, 6) is -1.02. The van der Waals surface area contributed by atoms with Crippen LogP contribution in [0.5, 0.6) is 0 Å². The molecule has 1 aromatic heterocycles. The summed E-state index contributed by atoms with van der Waals surface area (Å²) in [6.45, 7) is 4.89. The molecule has 0 saturated carbocycles. The van der Waals surface area contributed by atoms with Gasteiger partial charge in [0, 0.05) is 34.5 Å². The number of benzene rings is 1. The molecular weight excluding hydrogens is 392 g/mol. The van der Waals surface area contributed by atoms with Gasteiger partial charge in [0.2, 0.25) is 5.78 Å². The number of nitro groups is 1. The summed E-state index contributed by atoms with van der Waals surface area (Å²) in [7, 11) is 0.